The fourth-order valence-electron chi connectivity index (χ4n) is 1.30. The predicted octanol–water partition coefficient (Wildman–Crippen LogP) is -0.727. The zero-order chi connectivity index (χ0) is 14.7. The molecular formula is C10H17N3O4S2. The molecule has 0 unspecified atom stereocenters. The molecule has 0 aliphatic heterocycles. The van der Waals surface area contributed by atoms with Gasteiger partial charge in [-0.05, 0) is 24.1 Å². The molecule has 19 heavy (non-hydrogen) atoms. The highest BCUT2D eigenvalue weighted by atomic mass is 32.2. The van der Waals surface area contributed by atoms with Crippen molar-refractivity contribution in [2.75, 3.05) is 20.6 Å². The lowest BCUT2D eigenvalue weighted by Gasteiger charge is -2.12. The van der Waals surface area contributed by atoms with Crippen LogP contribution in [-0.2, 0) is 26.7 Å². The van der Waals surface area contributed by atoms with E-state index in [-0.39, 0.29) is 11.4 Å². The maximum Gasteiger partial charge on any atom is 0.278 e. The first kappa shape index (κ1) is 16.1. The third-order valence-corrected chi connectivity index (χ3v) is 4.89. The van der Waals surface area contributed by atoms with E-state index in [1.807, 2.05) is 0 Å². The van der Waals surface area contributed by atoms with Gasteiger partial charge in [0.15, 0.2) is 0 Å². The molecule has 0 saturated heterocycles. The van der Waals surface area contributed by atoms with Crippen molar-refractivity contribution >= 4 is 20.2 Å². The minimum absolute atomic E-state index is 0.0325. The summed E-state index contributed by atoms with van der Waals surface area (Å²) >= 11 is 0. The van der Waals surface area contributed by atoms with E-state index in [1.54, 1.807) is 12.1 Å². The van der Waals surface area contributed by atoms with E-state index in [2.05, 4.69) is 4.72 Å². The lowest BCUT2D eigenvalue weighted by atomic mass is 10.2. The van der Waals surface area contributed by atoms with E-state index in [1.165, 1.54) is 26.2 Å². The Morgan fingerprint density at radius 1 is 1.11 bits per heavy atom. The number of nitrogens with two attached hydrogens (primary N) is 1. The van der Waals surface area contributed by atoms with Gasteiger partial charge < -0.3 is 0 Å². The number of sulfonamides is 1. The molecule has 1 rings (SSSR count). The molecule has 0 aliphatic carbocycles. The van der Waals surface area contributed by atoms with Gasteiger partial charge in [0.1, 0.15) is 0 Å². The van der Waals surface area contributed by atoms with Crippen molar-refractivity contribution in [2.45, 2.75) is 11.3 Å². The summed E-state index contributed by atoms with van der Waals surface area (Å²) in [6.45, 7) is 0.231. The lowest BCUT2D eigenvalue weighted by molar-refractivity contribution is 0.506. The van der Waals surface area contributed by atoms with E-state index >= 15 is 0 Å². The molecule has 9 heteroatoms. The second-order valence-corrected chi connectivity index (χ2v) is 7.65. The summed E-state index contributed by atoms with van der Waals surface area (Å²) in [6.07, 6.45) is 0.456. The Kier molecular flexibility index (Phi) is 5.04. The minimum atomic E-state index is -3.69. The average molecular weight is 307 g/mol. The Morgan fingerprint density at radius 3 is 2.05 bits per heavy atom. The minimum Gasteiger partial charge on any atom is -0.225 e. The van der Waals surface area contributed by atoms with Gasteiger partial charge in [0.25, 0.3) is 10.2 Å². The van der Waals surface area contributed by atoms with Crippen LogP contribution in [0.1, 0.15) is 5.56 Å². The molecule has 0 amide bonds. The maximum absolute atomic E-state index is 11.4. The van der Waals surface area contributed by atoms with E-state index in [9.17, 15) is 16.8 Å². The lowest BCUT2D eigenvalue weighted by Crippen LogP contribution is -2.36. The standard InChI is InChI=1S/C10H17N3O4S2/c1-13(2)19(16,17)12-8-7-9-3-5-10(6-4-9)18(11,14)15/h3-6,12H,7-8H2,1-2H3,(H2,11,14,15). The van der Waals surface area contributed by atoms with E-state index < -0.39 is 20.2 Å². The second-order valence-electron chi connectivity index (χ2n) is 4.12. The van der Waals surface area contributed by atoms with Gasteiger partial charge in [-0.25, -0.2) is 18.3 Å². The van der Waals surface area contributed by atoms with Crippen molar-refractivity contribution in [3.63, 3.8) is 0 Å². The van der Waals surface area contributed by atoms with E-state index in [4.69, 9.17) is 5.14 Å². The van der Waals surface area contributed by atoms with Gasteiger partial charge in [0, 0.05) is 20.6 Å². The monoisotopic (exact) mass is 307 g/mol. The molecular weight excluding hydrogens is 290 g/mol. The number of hydrogen-bond donors (Lipinski definition) is 2. The fraction of sp³-hybridized carbons (Fsp3) is 0.400. The molecule has 7 nitrogen and oxygen atoms in total. The van der Waals surface area contributed by atoms with Crippen LogP contribution in [0.3, 0.4) is 0 Å². The number of nitrogens with zero attached hydrogens (tertiary/aromatic N) is 1. The molecule has 0 heterocycles. The summed E-state index contributed by atoms with van der Waals surface area (Å²) in [5.74, 6) is 0. The summed E-state index contributed by atoms with van der Waals surface area (Å²) in [7, 11) is -4.26. The molecule has 1 aromatic carbocycles. The van der Waals surface area contributed by atoms with Crippen LogP contribution >= 0.6 is 0 Å². The maximum atomic E-state index is 11.4. The highest BCUT2D eigenvalue weighted by molar-refractivity contribution is 7.89. The van der Waals surface area contributed by atoms with Crippen molar-refractivity contribution in [1.29, 1.82) is 0 Å². The quantitative estimate of drug-likeness (QED) is 0.722. The van der Waals surface area contributed by atoms with E-state index in [0.717, 1.165) is 9.87 Å². The SMILES string of the molecule is CN(C)S(=O)(=O)NCCc1ccc(S(N)(=O)=O)cc1. The van der Waals surface area contributed by atoms with Gasteiger partial charge in [-0.3, -0.25) is 0 Å². The van der Waals surface area contributed by atoms with Gasteiger partial charge >= 0.3 is 0 Å². The van der Waals surface area contributed by atoms with Crippen molar-refractivity contribution in [3.8, 4) is 0 Å². The average Bonchev–Trinajstić information content (AvgIpc) is 2.28. The van der Waals surface area contributed by atoms with Crippen LogP contribution < -0.4 is 9.86 Å². The van der Waals surface area contributed by atoms with Crippen LogP contribution in [0.25, 0.3) is 0 Å². The molecule has 0 bridgehead atoms. The van der Waals surface area contributed by atoms with Crippen LogP contribution in [0.2, 0.25) is 0 Å². The van der Waals surface area contributed by atoms with Crippen molar-refractivity contribution < 1.29 is 16.8 Å². The Bertz CT molecular complexity index is 621. The fourth-order valence-corrected chi connectivity index (χ4v) is 2.43. The van der Waals surface area contributed by atoms with Gasteiger partial charge in [0.05, 0.1) is 4.90 Å². The predicted molar refractivity (Wildman–Crippen MR) is 72.1 cm³/mol. The summed E-state index contributed by atoms with van der Waals surface area (Å²) in [6, 6.07) is 5.99. The molecule has 108 valence electrons. The smallest absolute Gasteiger partial charge is 0.225 e. The second kappa shape index (κ2) is 5.97. The molecule has 0 aliphatic rings. The van der Waals surface area contributed by atoms with Crippen LogP contribution in [0.4, 0.5) is 0 Å². The van der Waals surface area contributed by atoms with Gasteiger partial charge in [-0.2, -0.15) is 12.7 Å². The summed E-state index contributed by atoms with van der Waals surface area (Å²) < 4.78 is 48.4. The molecule has 0 aromatic heterocycles. The third kappa shape index (κ3) is 4.88. The van der Waals surface area contributed by atoms with Crippen LogP contribution in [0.15, 0.2) is 29.2 Å². The molecule has 1 aromatic rings. The number of nitrogens with one attached hydrogen (secondary N) is 1. The number of benzene rings is 1. The molecule has 0 fully saturated rings. The van der Waals surface area contributed by atoms with Crippen molar-refractivity contribution in [2.24, 2.45) is 5.14 Å². The zero-order valence-electron chi connectivity index (χ0n) is 10.7. The van der Waals surface area contributed by atoms with E-state index in [0.29, 0.717) is 6.42 Å². The van der Waals surface area contributed by atoms with Crippen LogP contribution in [0, 0.1) is 0 Å². The highest BCUT2D eigenvalue weighted by Crippen LogP contribution is 2.09. The topological polar surface area (TPSA) is 110 Å². The molecule has 0 spiro atoms. The molecule has 0 atom stereocenters. The first-order valence-corrected chi connectivity index (χ1v) is 8.40. The summed E-state index contributed by atoms with van der Waals surface area (Å²) in [5.41, 5.74) is 0.814. The molecule has 3 N–H and O–H groups in total. The Hall–Kier alpha value is -1.00. The molecule has 0 radical (unpaired) electrons. The Morgan fingerprint density at radius 2 is 1.63 bits per heavy atom. The normalized spacial score (nSPS) is 12.8. The Balaban J connectivity index is 2.61. The zero-order valence-corrected chi connectivity index (χ0v) is 12.3. The van der Waals surface area contributed by atoms with Crippen LogP contribution in [-0.4, -0.2) is 41.8 Å². The highest BCUT2D eigenvalue weighted by Gasteiger charge is 2.12. The largest absolute Gasteiger partial charge is 0.278 e. The first-order chi connectivity index (χ1) is 8.63. The Labute approximate surface area is 113 Å². The number of primary sulfonamides is 1. The van der Waals surface area contributed by atoms with Gasteiger partial charge in [-0.15, -0.1) is 0 Å². The van der Waals surface area contributed by atoms with Crippen molar-refractivity contribution in [3.05, 3.63) is 29.8 Å². The number of rotatable bonds is 6. The van der Waals surface area contributed by atoms with Crippen LogP contribution in [0.5, 0.6) is 0 Å². The first-order valence-electron chi connectivity index (χ1n) is 5.42. The van der Waals surface area contributed by atoms with Gasteiger partial charge in [0.2, 0.25) is 10.0 Å². The number of hydrogen-bond acceptors (Lipinski definition) is 4. The third-order valence-electron chi connectivity index (χ3n) is 2.43. The summed E-state index contributed by atoms with van der Waals surface area (Å²) in [4.78, 5) is 0.0325. The molecule has 0 saturated carbocycles. The van der Waals surface area contributed by atoms with Gasteiger partial charge in [-0.1, -0.05) is 12.1 Å². The van der Waals surface area contributed by atoms with Crippen molar-refractivity contribution in [1.82, 2.24) is 9.03 Å². The summed E-state index contributed by atoms with van der Waals surface area (Å²) in [5, 5.41) is 4.97.